The van der Waals surface area contributed by atoms with E-state index >= 15 is 0 Å². The van der Waals surface area contributed by atoms with Crippen LogP contribution in [0.25, 0.3) is 10.8 Å². The Hall–Kier alpha value is -3.46. The predicted molar refractivity (Wildman–Crippen MR) is 187 cm³/mol. The second-order valence-electron chi connectivity index (χ2n) is 17.2. The number of amides is 1. The number of ketones is 4. The first-order valence-electron chi connectivity index (χ1n) is 18.1. The van der Waals surface area contributed by atoms with Crippen LogP contribution in [0.2, 0.25) is 0 Å². The van der Waals surface area contributed by atoms with Gasteiger partial charge in [0, 0.05) is 55.5 Å². The van der Waals surface area contributed by atoms with Gasteiger partial charge in [-0.05, 0) is 71.1 Å². The lowest BCUT2D eigenvalue weighted by Gasteiger charge is -2.35. The van der Waals surface area contributed by atoms with Crippen molar-refractivity contribution in [2.75, 3.05) is 6.54 Å². The standard InChI is InChI=1S/C40H54N2O7/c1-39(2,3)21-29(44)19-32(40(4,5)6)38(48)42-22-30(49-37-31-12-11-26(23-43)16-27(31)13-14-41-37)20-33(42)34(45)18-28(15-24-7-8-24)36(47)35(46)17-25-9-10-25/h11-14,16,24-25,28,30,32-33,43H,7-10,15,17-23H2,1-6H3/t28-,30-,32-,33+/m1/s1. The zero-order chi connectivity index (χ0) is 35.7. The van der Waals surface area contributed by atoms with E-state index in [0.717, 1.165) is 42.0 Å². The molecular formula is C40H54N2O7. The molecule has 2 aliphatic carbocycles. The number of Topliss-reactive ketones (excluding diaryl/α,β-unsaturated/α-hetero) is 4. The van der Waals surface area contributed by atoms with Gasteiger partial charge >= 0.3 is 0 Å². The highest BCUT2D eigenvalue weighted by Crippen LogP contribution is 2.40. The zero-order valence-electron chi connectivity index (χ0n) is 30.1. The second kappa shape index (κ2) is 14.8. The SMILES string of the molecule is CC(C)(C)CC(=O)C[C@H](C(=O)N1C[C@H](Oc2nccc3cc(CO)ccc23)C[C@H]1C(=O)C[C@@H](CC1CC1)C(=O)C(=O)CC1CC1)C(C)(C)C. The van der Waals surface area contributed by atoms with Crippen LogP contribution in [0.3, 0.4) is 0 Å². The number of hydrogen-bond donors (Lipinski definition) is 1. The van der Waals surface area contributed by atoms with Crippen molar-refractivity contribution in [3.8, 4) is 5.88 Å². The van der Waals surface area contributed by atoms with Gasteiger partial charge in [0.1, 0.15) is 11.9 Å². The molecule has 2 heterocycles. The van der Waals surface area contributed by atoms with Crippen molar-refractivity contribution >= 4 is 39.8 Å². The number of hydrogen-bond acceptors (Lipinski definition) is 8. The van der Waals surface area contributed by atoms with E-state index < -0.39 is 35.2 Å². The number of aromatic nitrogens is 1. The van der Waals surface area contributed by atoms with Crippen LogP contribution in [-0.4, -0.2) is 62.7 Å². The first-order chi connectivity index (χ1) is 23.0. The summed E-state index contributed by atoms with van der Waals surface area (Å²) in [7, 11) is 0. The molecule has 1 N–H and O–H groups in total. The van der Waals surface area contributed by atoms with Crippen molar-refractivity contribution in [3.05, 3.63) is 36.0 Å². The smallest absolute Gasteiger partial charge is 0.227 e. The number of carbonyl (C=O) groups excluding carboxylic acids is 5. The average Bonchev–Trinajstić information content (AvgIpc) is 3.96. The van der Waals surface area contributed by atoms with Crippen molar-refractivity contribution in [2.45, 2.75) is 125 Å². The molecule has 1 amide bonds. The zero-order valence-corrected chi connectivity index (χ0v) is 30.1. The Morgan fingerprint density at radius 3 is 2.27 bits per heavy atom. The maximum Gasteiger partial charge on any atom is 0.227 e. The lowest BCUT2D eigenvalue weighted by atomic mass is 9.75. The summed E-state index contributed by atoms with van der Waals surface area (Å²) in [4.78, 5) is 74.4. The number of pyridine rings is 1. The van der Waals surface area contributed by atoms with Gasteiger partial charge in [-0.2, -0.15) is 0 Å². The first kappa shape index (κ1) is 36.8. The molecule has 4 atom stereocenters. The number of likely N-dealkylation sites (tertiary alicyclic amines) is 1. The number of ether oxygens (including phenoxy) is 1. The minimum Gasteiger partial charge on any atom is -0.472 e. The summed E-state index contributed by atoms with van der Waals surface area (Å²) >= 11 is 0. The number of carbonyl (C=O) groups is 5. The van der Waals surface area contributed by atoms with E-state index in [-0.39, 0.29) is 73.4 Å². The number of rotatable bonds is 16. The third kappa shape index (κ3) is 9.83. The van der Waals surface area contributed by atoms with Crippen molar-refractivity contribution in [1.29, 1.82) is 0 Å². The predicted octanol–water partition coefficient (Wildman–Crippen LogP) is 6.45. The van der Waals surface area contributed by atoms with Gasteiger partial charge in [-0.25, -0.2) is 4.98 Å². The molecule has 1 aromatic heterocycles. The molecule has 3 aliphatic rings. The topological polar surface area (TPSA) is 131 Å². The van der Waals surface area contributed by atoms with Gasteiger partial charge < -0.3 is 14.7 Å². The van der Waals surface area contributed by atoms with Crippen LogP contribution in [0.1, 0.15) is 111 Å². The molecule has 2 saturated carbocycles. The van der Waals surface area contributed by atoms with E-state index in [9.17, 15) is 29.1 Å². The monoisotopic (exact) mass is 674 g/mol. The van der Waals surface area contributed by atoms with Gasteiger partial charge in [-0.15, -0.1) is 0 Å². The summed E-state index contributed by atoms with van der Waals surface area (Å²) in [6.45, 7) is 11.8. The molecule has 1 aromatic carbocycles. The summed E-state index contributed by atoms with van der Waals surface area (Å²) in [5.74, 6) is -1.69. The molecule has 1 aliphatic heterocycles. The highest BCUT2D eigenvalue weighted by atomic mass is 16.5. The molecule has 1 saturated heterocycles. The molecule has 2 aromatic rings. The van der Waals surface area contributed by atoms with Crippen molar-refractivity contribution in [3.63, 3.8) is 0 Å². The number of aliphatic hydroxyl groups is 1. The highest BCUT2D eigenvalue weighted by molar-refractivity contribution is 6.38. The third-order valence-electron chi connectivity index (χ3n) is 10.3. The molecule has 266 valence electrons. The molecule has 9 nitrogen and oxygen atoms in total. The first-order valence-corrected chi connectivity index (χ1v) is 18.1. The summed E-state index contributed by atoms with van der Waals surface area (Å²) in [6.07, 6.45) is 6.28. The van der Waals surface area contributed by atoms with Crippen molar-refractivity contribution in [1.82, 2.24) is 9.88 Å². The molecular weight excluding hydrogens is 620 g/mol. The van der Waals surface area contributed by atoms with E-state index in [0.29, 0.717) is 24.6 Å². The van der Waals surface area contributed by atoms with Gasteiger partial charge in [-0.3, -0.25) is 24.0 Å². The highest BCUT2D eigenvalue weighted by Gasteiger charge is 2.47. The molecule has 0 radical (unpaired) electrons. The van der Waals surface area contributed by atoms with Crippen molar-refractivity contribution < 1.29 is 33.8 Å². The molecule has 3 fully saturated rings. The van der Waals surface area contributed by atoms with Crippen LogP contribution in [0.15, 0.2) is 30.5 Å². The molecule has 0 bridgehead atoms. The van der Waals surface area contributed by atoms with E-state index in [1.165, 1.54) is 0 Å². The van der Waals surface area contributed by atoms with E-state index in [1.54, 1.807) is 17.2 Å². The van der Waals surface area contributed by atoms with Crippen molar-refractivity contribution in [2.24, 2.45) is 34.5 Å². The summed E-state index contributed by atoms with van der Waals surface area (Å²) in [6, 6.07) is 6.49. The maximum atomic E-state index is 14.5. The van der Waals surface area contributed by atoms with Crippen LogP contribution in [-0.2, 0) is 30.6 Å². The Kier molecular flexibility index (Phi) is 11.1. The van der Waals surface area contributed by atoms with Gasteiger partial charge in [0.25, 0.3) is 0 Å². The lowest BCUT2D eigenvalue weighted by Crippen LogP contribution is -2.48. The molecule has 0 spiro atoms. The third-order valence-corrected chi connectivity index (χ3v) is 10.3. The van der Waals surface area contributed by atoms with Crippen LogP contribution in [0.4, 0.5) is 0 Å². The van der Waals surface area contributed by atoms with Crippen LogP contribution >= 0.6 is 0 Å². The molecule has 49 heavy (non-hydrogen) atoms. The average molecular weight is 675 g/mol. The second-order valence-corrected chi connectivity index (χ2v) is 17.2. The van der Waals surface area contributed by atoms with Crippen LogP contribution in [0.5, 0.6) is 5.88 Å². The molecule has 0 unspecified atom stereocenters. The van der Waals surface area contributed by atoms with E-state index in [1.807, 2.05) is 59.7 Å². The van der Waals surface area contributed by atoms with E-state index in [2.05, 4.69) is 4.98 Å². The normalized spacial score (nSPS) is 21.0. The summed E-state index contributed by atoms with van der Waals surface area (Å²) in [5, 5.41) is 11.2. The fraction of sp³-hybridized carbons (Fsp3) is 0.650. The lowest BCUT2D eigenvalue weighted by molar-refractivity contribution is -0.147. The summed E-state index contributed by atoms with van der Waals surface area (Å²) in [5.41, 5.74) is -0.0247. The number of fused-ring (bicyclic) bond motifs is 1. The number of benzene rings is 1. The van der Waals surface area contributed by atoms with Gasteiger partial charge in [0.15, 0.2) is 11.6 Å². The van der Waals surface area contributed by atoms with Gasteiger partial charge in [-0.1, -0.05) is 60.5 Å². The fourth-order valence-corrected chi connectivity index (χ4v) is 7.17. The number of nitrogens with zero attached hydrogens (tertiary/aromatic N) is 2. The Bertz CT molecular complexity index is 1580. The Morgan fingerprint density at radius 1 is 0.959 bits per heavy atom. The molecule has 5 rings (SSSR count). The largest absolute Gasteiger partial charge is 0.472 e. The molecule has 9 heteroatoms. The minimum atomic E-state index is -0.857. The van der Waals surface area contributed by atoms with Crippen LogP contribution in [0, 0.1) is 34.5 Å². The van der Waals surface area contributed by atoms with Gasteiger partial charge in [0.05, 0.1) is 19.2 Å². The number of aliphatic hydroxyl groups excluding tert-OH is 1. The Balaban J connectivity index is 1.41. The fourth-order valence-electron chi connectivity index (χ4n) is 7.17. The Labute approximate surface area is 290 Å². The Morgan fingerprint density at radius 2 is 1.65 bits per heavy atom. The maximum absolute atomic E-state index is 14.5. The van der Waals surface area contributed by atoms with Gasteiger partial charge in [0.2, 0.25) is 17.6 Å². The van der Waals surface area contributed by atoms with Crippen LogP contribution < -0.4 is 4.74 Å². The quantitative estimate of drug-likeness (QED) is 0.201. The van der Waals surface area contributed by atoms with E-state index in [4.69, 9.17) is 4.74 Å². The minimum absolute atomic E-state index is 0.00196. The summed E-state index contributed by atoms with van der Waals surface area (Å²) < 4.78 is 6.44.